The molecule has 0 amide bonds. The summed E-state index contributed by atoms with van der Waals surface area (Å²) in [5.74, 6) is 1.39. The zero-order valence-electron chi connectivity index (χ0n) is 11.7. The third-order valence-corrected chi connectivity index (χ3v) is 12.5. The van der Waals surface area contributed by atoms with Gasteiger partial charge in [0.05, 0.1) is 0 Å². The third-order valence-electron chi connectivity index (χ3n) is 3.45. The minimum atomic E-state index is 1.18. The van der Waals surface area contributed by atoms with E-state index < -0.39 is 0 Å². The van der Waals surface area contributed by atoms with Crippen LogP contribution >= 0.6 is 36.9 Å². The Morgan fingerprint density at radius 1 is 0.556 bits per heavy atom. The predicted molar refractivity (Wildman–Crippen MR) is 97.0 cm³/mol. The van der Waals surface area contributed by atoms with Crippen LogP contribution in [0.4, 0.5) is 0 Å². The van der Waals surface area contributed by atoms with E-state index in [2.05, 4.69) is 21.2 Å². The molecule has 0 N–H and O–H groups in total. The average Bonchev–Trinajstić information content (AvgIpc) is 2.39. The second kappa shape index (κ2) is 15.0. The summed E-state index contributed by atoms with van der Waals surface area (Å²) in [4.78, 5) is 0. The molecule has 0 radical (unpaired) electrons. The molecule has 0 nitrogen and oxygen atoms in total. The fourth-order valence-corrected chi connectivity index (χ4v) is 11.1. The van der Waals surface area contributed by atoms with E-state index in [9.17, 15) is 0 Å². The molecule has 0 aromatic heterocycles. The first kappa shape index (κ1) is 17.6. The SMILES string of the molecule is C1CCCCCCCSSPPCCCCCC1. The summed E-state index contributed by atoms with van der Waals surface area (Å²) < 4.78 is 0. The van der Waals surface area contributed by atoms with Crippen molar-refractivity contribution in [1.29, 1.82) is 0 Å². The van der Waals surface area contributed by atoms with Crippen LogP contribution in [0.25, 0.3) is 0 Å². The molecule has 0 aromatic carbocycles. The molecular weight excluding hydrogens is 294 g/mol. The Bertz CT molecular complexity index is 92.8. The Labute approximate surface area is 126 Å². The molecule has 108 valence electrons. The molecule has 1 heterocycles. The van der Waals surface area contributed by atoms with E-state index in [-0.39, 0.29) is 0 Å². The van der Waals surface area contributed by atoms with Gasteiger partial charge < -0.3 is 0 Å². The predicted octanol–water partition coefficient (Wildman–Crippen LogP) is 7.25. The van der Waals surface area contributed by atoms with Crippen LogP contribution in [0.3, 0.4) is 0 Å². The largest absolute Gasteiger partial charge is 0.0895 e. The van der Waals surface area contributed by atoms with Crippen molar-refractivity contribution in [2.45, 2.75) is 77.0 Å². The topological polar surface area (TPSA) is 0 Å². The van der Waals surface area contributed by atoms with Crippen molar-refractivity contribution < 1.29 is 0 Å². The highest BCUT2D eigenvalue weighted by Gasteiger charge is 1.96. The minimum absolute atomic E-state index is 1.18. The maximum atomic E-state index is 2.15. The van der Waals surface area contributed by atoms with E-state index in [1.165, 1.54) is 105 Å². The summed E-state index contributed by atoms with van der Waals surface area (Å²) in [6.45, 7) is 0. The maximum Gasteiger partial charge on any atom is 0.00401 e. The monoisotopic (exact) mass is 324 g/mol. The van der Waals surface area contributed by atoms with Crippen molar-refractivity contribution in [2.24, 2.45) is 0 Å². The average molecular weight is 324 g/mol. The molecule has 2 atom stereocenters. The fourth-order valence-electron chi connectivity index (χ4n) is 2.29. The van der Waals surface area contributed by atoms with Gasteiger partial charge in [0.15, 0.2) is 0 Å². The van der Waals surface area contributed by atoms with E-state index in [4.69, 9.17) is 0 Å². The summed E-state index contributed by atoms with van der Waals surface area (Å²) >= 11 is 0. The third kappa shape index (κ3) is 12.6. The Kier molecular flexibility index (Phi) is 14.6. The van der Waals surface area contributed by atoms with Gasteiger partial charge in [-0.3, -0.25) is 0 Å². The summed E-state index contributed by atoms with van der Waals surface area (Å²) in [5.41, 5.74) is 0. The molecule has 2 unspecified atom stereocenters. The molecule has 18 heavy (non-hydrogen) atoms. The summed E-state index contributed by atoms with van der Waals surface area (Å²) in [6.07, 6.45) is 19.4. The molecule has 0 aliphatic carbocycles. The Balaban J connectivity index is 2.00. The van der Waals surface area contributed by atoms with Crippen molar-refractivity contribution in [3.63, 3.8) is 0 Å². The lowest BCUT2D eigenvalue weighted by molar-refractivity contribution is 0.549. The molecule has 1 rings (SSSR count). The molecule has 0 bridgehead atoms. The maximum absolute atomic E-state index is 2.15. The minimum Gasteiger partial charge on any atom is -0.0895 e. The standard InChI is InChI=1S/C14H30P2S2/c1-2-4-6-8-10-12-14-17-18-16-15-13-11-9-7-5-3-1/h15-16H,1-14H2. The number of rotatable bonds is 0. The van der Waals surface area contributed by atoms with Crippen LogP contribution in [0.1, 0.15) is 77.0 Å². The Morgan fingerprint density at radius 2 is 1.06 bits per heavy atom. The zero-order valence-corrected chi connectivity index (χ0v) is 15.3. The molecule has 1 aliphatic rings. The van der Waals surface area contributed by atoms with Gasteiger partial charge in [0, 0.05) is 5.75 Å². The van der Waals surface area contributed by atoms with Gasteiger partial charge in [-0.2, -0.15) is 0 Å². The van der Waals surface area contributed by atoms with Crippen molar-refractivity contribution in [1.82, 2.24) is 0 Å². The van der Waals surface area contributed by atoms with Crippen LogP contribution in [0, 0.1) is 0 Å². The zero-order chi connectivity index (χ0) is 12.7. The van der Waals surface area contributed by atoms with Crippen molar-refractivity contribution in [3.05, 3.63) is 0 Å². The van der Waals surface area contributed by atoms with Gasteiger partial charge in [-0.05, 0) is 26.5 Å². The molecular formula is C14H30P2S2. The van der Waals surface area contributed by atoms with Crippen LogP contribution < -0.4 is 0 Å². The van der Waals surface area contributed by atoms with Crippen LogP contribution in [0.2, 0.25) is 0 Å². The lowest BCUT2D eigenvalue weighted by atomic mass is 10.1. The Morgan fingerprint density at radius 3 is 1.67 bits per heavy atom. The first-order valence-electron chi connectivity index (χ1n) is 7.76. The van der Waals surface area contributed by atoms with Gasteiger partial charge in [0.25, 0.3) is 0 Å². The van der Waals surface area contributed by atoms with Crippen LogP contribution in [0.5, 0.6) is 0 Å². The van der Waals surface area contributed by atoms with E-state index in [1.807, 2.05) is 0 Å². The summed E-state index contributed by atoms with van der Waals surface area (Å²) in [6, 6.07) is 0. The molecule has 0 spiro atoms. The normalized spacial score (nSPS) is 26.7. The van der Waals surface area contributed by atoms with Crippen molar-refractivity contribution in [3.8, 4) is 0 Å². The second-order valence-corrected chi connectivity index (χ2v) is 13.3. The van der Waals surface area contributed by atoms with E-state index in [1.54, 1.807) is 0 Å². The van der Waals surface area contributed by atoms with Crippen molar-refractivity contribution >= 4 is 36.9 Å². The second-order valence-electron chi connectivity index (χ2n) is 5.18. The molecule has 4 heteroatoms. The summed E-state index contributed by atoms with van der Waals surface area (Å²) in [5, 5.41) is 0. The van der Waals surface area contributed by atoms with Gasteiger partial charge >= 0.3 is 0 Å². The first-order chi connectivity index (χ1) is 9.00. The smallest absolute Gasteiger partial charge is 0.00401 e. The molecule has 0 aromatic rings. The quantitative estimate of drug-likeness (QED) is 0.340. The van der Waals surface area contributed by atoms with E-state index >= 15 is 0 Å². The molecule has 1 saturated heterocycles. The van der Waals surface area contributed by atoms with Gasteiger partial charge in [-0.25, -0.2) is 0 Å². The highest BCUT2D eigenvalue weighted by Crippen LogP contribution is 2.54. The van der Waals surface area contributed by atoms with Crippen LogP contribution in [0.15, 0.2) is 0 Å². The van der Waals surface area contributed by atoms with Gasteiger partial charge in [-0.15, -0.1) is 0 Å². The lowest BCUT2D eigenvalue weighted by Gasteiger charge is -2.05. The Hall–Kier alpha value is 1.56. The molecule has 1 aliphatic heterocycles. The van der Waals surface area contributed by atoms with E-state index in [0.29, 0.717) is 0 Å². The molecule has 1 fully saturated rings. The van der Waals surface area contributed by atoms with Crippen LogP contribution in [-0.2, 0) is 0 Å². The number of hydrogen-bond donors (Lipinski definition) is 0. The van der Waals surface area contributed by atoms with Crippen molar-refractivity contribution in [2.75, 3.05) is 11.9 Å². The molecule has 0 saturated carbocycles. The van der Waals surface area contributed by atoms with Gasteiger partial charge in [0.1, 0.15) is 0 Å². The summed E-state index contributed by atoms with van der Waals surface area (Å²) in [7, 11) is 6.70. The highest BCUT2D eigenvalue weighted by molar-refractivity contribution is 9.02. The fraction of sp³-hybridized carbons (Fsp3) is 1.00. The van der Waals surface area contributed by atoms with E-state index in [0.717, 1.165) is 0 Å². The highest BCUT2D eigenvalue weighted by atomic mass is 33.4. The first-order valence-corrected chi connectivity index (χ1v) is 14.0. The lowest BCUT2D eigenvalue weighted by Crippen LogP contribution is -1.84. The van der Waals surface area contributed by atoms with Crippen LogP contribution in [-0.4, -0.2) is 11.9 Å². The number of hydrogen-bond acceptors (Lipinski definition) is 2. The van der Waals surface area contributed by atoms with Gasteiger partial charge in [0.2, 0.25) is 0 Å². The van der Waals surface area contributed by atoms with Gasteiger partial charge in [-0.1, -0.05) is 93.7 Å².